The third-order valence-electron chi connectivity index (χ3n) is 2.89. The van der Waals surface area contributed by atoms with Gasteiger partial charge in [-0.3, -0.25) is 0 Å². The van der Waals surface area contributed by atoms with E-state index in [1.54, 1.807) is 6.08 Å². The van der Waals surface area contributed by atoms with Crippen molar-refractivity contribution in [1.29, 1.82) is 0 Å². The van der Waals surface area contributed by atoms with Crippen LogP contribution in [-0.4, -0.2) is 18.5 Å². The van der Waals surface area contributed by atoms with Crippen molar-refractivity contribution in [3.05, 3.63) is 11.6 Å². The molecule has 1 aliphatic carbocycles. The lowest BCUT2D eigenvalue weighted by molar-refractivity contribution is 0.107. The smallest absolute Gasteiger partial charge is 0.255 e. The van der Waals surface area contributed by atoms with Crippen molar-refractivity contribution in [2.75, 3.05) is 6.54 Å². The Balaban J connectivity index is 1.88. The number of hydrogen-bond donors (Lipinski definition) is 1. The number of rotatable bonds is 1. The van der Waals surface area contributed by atoms with E-state index in [4.69, 9.17) is 0 Å². The minimum absolute atomic E-state index is 0.0616. The van der Waals surface area contributed by atoms with Gasteiger partial charge in [-0.05, 0) is 19.8 Å². The first-order valence-electron chi connectivity index (χ1n) is 4.89. The van der Waals surface area contributed by atoms with E-state index in [2.05, 4.69) is 12.2 Å². The van der Waals surface area contributed by atoms with Gasteiger partial charge in [-0.15, -0.1) is 0 Å². The molecule has 74 valence electrons. The molecule has 0 aromatic carbocycles. The van der Waals surface area contributed by atoms with Crippen LogP contribution in [0.15, 0.2) is 11.6 Å². The molecule has 0 aromatic heterocycles. The predicted octanol–water partition coefficient (Wildman–Crippen LogP) is 2.34. The van der Waals surface area contributed by atoms with Gasteiger partial charge in [0.1, 0.15) is 0 Å². The van der Waals surface area contributed by atoms with E-state index in [0.717, 1.165) is 19.4 Å². The Bertz CT molecular complexity index is 225. The fourth-order valence-electron chi connectivity index (χ4n) is 1.74. The molecule has 2 unspecified atom stereocenters. The molecule has 1 N–H and O–H groups in total. The number of hydrogen-bond acceptors (Lipinski definition) is 1. The quantitative estimate of drug-likeness (QED) is 0.621. The second-order valence-electron chi connectivity index (χ2n) is 4.22. The molecule has 2 fully saturated rings. The van der Waals surface area contributed by atoms with Crippen LogP contribution in [0.2, 0.25) is 0 Å². The number of halogens is 2. The molecule has 0 amide bonds. The maximum atomic E-state index is 12.6. The molecule has 3 heteroatoms. The molecule has 0 spiro atoms. The van der Waals surface area contributed by atoms with Crippen LogP contribution in [0.3, 0.4) is 0 Å². The number of piperidine rings is 1. The summed E-state index contributed by atoms with van der Waals surface area (Å²) >= 11 is 0. The van der Waals surface area contributed by atoms with Crippen molar-refractivity contribution >= 4 is 0 Å². The molecule has 0 bridgehead atoms. The van der Waals surface area contributed by atoms with E-state index < -0.39 is 11.8 Å². The Morgan fingerprint density at radius 1 is 1.54 bits per heavy atom. The zero-order valence-corrected chi connectivity index (χ0v) is 7.82. The van der Waals surface area contributed by atoms with Crippen molar-refractivity contribution in [3.63, 3.8) is 0 Å². The second kappa shape index (κ2) is 3.05. The third-order valence-corrected chi connectivity index (χ3v) is 2.89. The highest BCUT2D eigenvalue weighted by atomic mass is 19.3. The average Bonchev–Trinajstić information content (AvgIpc) is 2.64. The predicted molar refractivity (Wildman–Crippen MR) is 47.8 cm³/mol. The summed E-state index contributed by atoms with van der Waals surface area (Å²) in [7, 11) is 0. The lowest BCUT2D eigenvalue weighted by Gasteiger charge is -2.22. The molecule has 0 radical (unpaired) electrons. The van der Waals surface area contributed by atoms with Crippen molar-refractivity contribution in [2.45, 2.75) is 38.2 Å². The van der Waals surface area contributed by atoms with Gasteiger partial charge in [-0.2, -0.15) is 0 Å². The van der Waals surface area contributed by atoms with E-state index >= 15 is 0 Å². The first-order valence-corrected chi connectivity index (χ1v) is 4.89. The second-order valence-corrected chi connectivity index (χ2v) is 4.22. The summed E-state index contributed by atoms with van der Waals surface area (Å²) in [5.41, 5.74) is 1.17. The van der Waals surface area contributed by atoms with Crippen molar-refractivity contribution in [2.24, 2.45) is 5.92 Å². The molecule has 2 atom stereocenters. The summed E-state index contributed by atoms with van der Waals surface area (Å²) in [6.45, 7) is 2.93. The normalized spacial score (nSPS) is 40.7. The summed E-state index contributed by atoms with van der Waals surface area (Å²) in [4.78, 5) is 0. The largest absolute Gasteiger partial charge is 0.311 e. The van der Waals surface area contributed by atoms with Crippen LogP contribution in [0.25, 0.3) is 0 Å². The number of nitrogens with one attached hydrogen (secondary N) is 1. The molecule has 1 aliphatic heterocycles. The third kappa shape index (κ3) is 2.08. The van der Waals surface area contributed by atoms with Crippen LogP contribution in [0.1, 0.15) is 26.2 Å². The van der Waals surface area contributed by atoms with Crippen molar-refractivity contribution in [1.82, 2.24) is 5.32 Å². The zero-order chi connectivity index (χ0) is 9.47. The molecular weight excluding hydrogens is 172 g/mol. The SMILES string of the molecule is CC1CC/C(=C\C2CC2(F)F)CN1. The van der Waals surface area contributed by atoms with Crippen LogP contribution < -0.4 is 5.32 Å². The Labute approximate surface area is 77.2 Å². The molecule has 13 heavy (non-hydrogen) atoms. The first kappa shape index (κ1) is 9.13. The van der Waals surface area contributed by atoms with Gasteiger partial charge in [0.15, 0.2) is 0 Å². The maximum Gasteiger partial charge on any atom is 0.255 e. The van der Waals surface area contributed by atoms with E-state index in [1.165, 1.54) is 5.57 Å². The van der Waals surface area contributed by atoms with Gasteiger partial charge in [0.25, 0.3) is 5.92 Å². The van der Waals surface area contributed by atoms with Gasteiger partial charge < -0.3 is 5.32 Å². The van der Waals surface area contributed by atoms with Gasteiger partial charge in [0.2, 0.25) is 0 Å². The van der Waals surface area contributed by atoms with Crippen LogP contribution in [-0.2, 0) is 0 Å². The maximum absolute atomic E-state index is 12.6. The van der Waals surface area contributed by atoms with E-state index in [9.17, 15) is 8.78 Å². The first-order chi connectivity index (χ1) is 6.08. The molecule has 2 aliphatic rings. The molecular formula is C10H15F2N. The van der Waals surface area contributed by atoms with Gasteiger partial charge >= 0.3 is 0 Å². The fourth-order valence-corrected chi connectivity index (χ4v) is 1.74. The van der Waals surface area contributed by atoms with Gasteiger partial charge in [-0.1, -0.05) is 11.6 Å². The number of allylic oxidation sites excluding steroid dienone is 1. The highest BCUT2D eigenvalue weighted by Crippen LogP contribution is 2.50. The average molecular weight is 187 g/mol. The summed E-state index contributed by atoms with van der Waals surface area (Å²) in [5, 5.41) is 3.28. The lowest BCUT2D eigenvalue weighted by atomic mass is 10.00. The van der Waals surface area contributed by atoms with E-state index in [-0.39, 0.29) is 6.42 Å². The van der Waals surface area contributed by atoms with Crippen molar-refractivity contribution in [3.8, 4) is 0 Å². The van der Waals surface area contributed by atoms with Gasteiger partial charge in [-0.25, -0.2) is 8.78 Å². The Hall–Kier alpha value is -0.440. The molecule has 1 nitrogen and oxygen atoms in total. The minimum Gasteiger partial charge on any atom is -0.311 e. The topological polar surface area (TPSA) is 12.0 Å². The highest BCUT2D eigenvalue weighted by Gasteiger charge is 2.55. The molecule has 1 saturated carbocycles. The monoisotopic (exact) mass is 187 g/mol. The van der Waals surface area contributed by atoms with Gasteiger partial charge in [0.05, 0.1) is 0 Å². The Morgan fingerprint density at radius 2 is 2.23 bits per heavy atom. The highest BCUT2D eigenvalue weighted by molar-refractivity contribution is 5.17. The molecule has 1 saturated heterocycles. The number of alkyl halides is 2. The van der Waals surface area contributed by atoms with Crippen LogP contribution in [0.4, 0.5) is 8.78 Å². The summed E-state index contributed by atoms with van der Waals surface area (Å²) < 4.78 is 25.1. The Kier molecular flexibility index (Phi) is 2.14. The molecule has 1 heterocycles. The molecule has 0 aromatic rings. The fraction of sp³-hybridized carbons (Fsp3) is 0.800. The molecule has 2 rings (SSSR count). The van der Waals surface area contributed by atoms with E-state index in [1.807, 2.05) is 0 Å². The zero-order valence-electron chi connectivity index (χ0n) is 7.82. The van der Waals surface area contributed by atoms with Crippen LogP contribution >= 0.6 is 0 Å². The van der Waals surface area contributed by atoms with E-state index in [0.29, 0.717) is 6.04 Å². The summed E-state index contributed by atoms with van der Waals surface area (Å²) in [6.07, 6.45) is 3.90. The minimum atomic E-state index is -2.39. The van der Waals surface area contributed by atoms with Crippen molar-refractivity contribution < 1.29 is 8.78 Å². The Morgan fingerprint density at radius 3 is 2.69 bits per heavy atom. The lowest BCUT2D eigenvalue weighted by Crippen LogP contribution is -2.32. The van der Waals surface area contributed by atoms with Crippen LogP contribution in [0.5, 0.6) is 0 Å². The summed E-state index contributed by atoms with van der Waals surface area (Å²) in [5.74, 6) is -2.85. The standard InChI is InChI=1S/C10H15F2N/c1-7-2-3-8(6-13-7)4-9-5-10(9,11)12/h4,7,9,13H,2-3,5-6H2,1H3/b8-4+. The van der Waals surface area contributed by atoms with Gasteiger partial charge in [0, 0.05) is 24.9 Å². The van der Waals surface area contributed by atoms with Crippen LogP contribution in [0, 0.1) is 5.92 Å². The summed E-state index contributed by atoms with van der Waals surface area (Å²) in [6, 6.07) is 0.539.